The summed E-state index contributed by atoms with van der Waals surface area (Å²) in [4.78, 5) is 11.4. The molecule has 0 saturated carbocycles. The third-order valence-electron chi connectivity index (χ3n) is 0.576. The van der Waals surface area contributed by atoms with Gasteiger partial charge in [0.25, 0.3) is 5.24 Å². The Bertz CT molecular complexity index is 91.7. The Kier molecular flexibility index (Phi) is 2.52. The van der Waals surface area contributed by atoms with E-state index >= 15 is 0 Å². The van der Waals surface area contributed by atoms with Gasteiger partial charge in [-0.15, -0.1) is 0 Å². The van der Waals surface area contributed by atoms with Crippen molar-refractivity contribution in [1.29, 1.82) is 0 Å². The fraction of sp³-hybridized carbons (Fsp3) is 0.250. The van der Waals surface area contributed by atoms with E-state index in [2.05, 4.69) is 19.2 Å². The van der Waals surface area contributed by atoms with E-state index in [-0.39, 0.29) is 5.24 Å². The lowest BCUT2D eigenvalue weighted by Gasteiger charge is -2.03. The summed E-state index contributed by atoms with van der Waals surface area (Å²) in [7, 11) is 1.59. The Balaban J connectivity index is 3.55. The molecule has 0 bridgehead atoms. The van der Waals surface area contributed by atoms with E-state index in [1.165, 1.54) is 11.1 Å². The third kappa shape index (κ3) is 2.28. The van der Waals surface area contributed by atoms with Crippen molar-refractivity contribution in [2.45, 2.75) is 0 Å². The first kappa shape index (κ1) is 6.56. The Labute approximate surface area is 48.2 Å². The first-order chi connectivity index (χ1) is 3.18. The molecule has 0 aliphatic carbocycles. The molecule has 7 heavy (non-hydrogen) atoms. The summed E-state index contributed by atoms with van der Waals surface area (Å²) in [6.07, 6.45) is 1.40. The molecule has 3 heteroatoms. The van der Waals surface area contributed by atoms with E-state index in [1.54, 1.807) is 7.05 Å². The van der Waals surface area contributed by atoms with E-state index in [9.17, 15) is 4.79 Å². The van der Waals surface area contributed by atoms with Crippen LogP contribution < -0.4 is 0 Å². The second-order valence-electron chi connectivity index (χ2n) is 1.08. The Morgan fingerprint density at radius 3 is 2.43 bits per heavy atom. The van der Waals surface area contributed by atoms with Crippen molar-refractivity contribution in [1.82, 2.24) is 4.90 Å². The highest BCUT2D eigenvalue weighted by atomic mass is 32.1. The van der Waals surface area contributed by atoms with Crippen LogP contribution in [0.25, 0.3) is 0 Å². The van der Waals surface area contributed by atoms with Gasteiger partial charge in [-0.25, -0.2) is 0 Å². The monoisotopic (exact) mass is 117 g/mol. The topological polar surface area (TPSA) is 20.3 Å². The first-order valence-corrected chi connectivity index (χ1v) is 2.21. The van der Waals surface area contributed by atoms with Gasteiger partial charge in [0.1, 0.15) is 0 Å². The summed E-state index contributed by atoms with van der Waals surface area (Å²) in [6, 6.07) is 0. The fourth-order valence-corrected chi connectivity index (χ4v) is 0.160. The van der Waals surface area contributed by atoms with Gasteiger partial charge in [-0.2, -0.15) is 0 Å². The third-order valence-corrected chi connectivity index (χ3v) is 0.891. The predicted molar refractivity (Wildman–Crippen MR) is 32.3 cm³/mol. The normalized spacial score (nSPS) is 7.71. The summed E-state index contributed by atoms with van der Waals surface area (Å²) >= 11 is 3.49. The molecule has 0 spiro atoms. The fourth-order valence-electron chi connectivity index (χ4n) is 0.0781. The van der Waals surface area contributed by atoms with Crippen molar-refractivity contribution >= 4 is 17.9 Å². The lowest BCUT2D eigenvalue weighted by molar-refractivity contribution is 0.246. The molecule has 0 aliphatic heterocycles. The van der Waals surface area contributed by atoms with Gasteiger partial charge in [0.05, 0.1) is 0 Å². The zero-order valence-electron chi connectivity index (χ0n) is 4.09. The van der Waals surface area contributed by atoms with Crippen LogP contribution in [0, 0.1) is 0 Å². The lowest BCUT2D eigenvalue weighted by Crippen LogP contribution is -2.11. The minimum atomic E-state index is -0.296. The predicted octanol–water partition coefficient (Wildman–Crippen LogP) is 1.11. The highest BCUT2D eigenvalue weighted by Gasteiger charge is 1.92. The van der Waals surface area contributed by atoms with Crippen LogP contribution in [0.2, 0.25) is 0 Å². The Morgan fingerprint density at radius 2 is 2.43 bits per heavy atom. The molecule has 0 heterocycles. The van der Waals surface area contributed by atoms with Crippen LogP contribution in [0.3, 0.4) is 0 Å². The second kappa shape index (κ2) is 2.69. The van der Waals surface area contributed by atoms with Crippen LogP contribution in [-0.4, -0.2) is 17.2 Å². The number of hydrogen-bond acceptors (Lipinski definition) is 1. The molecule has 0 aromatic carbocycles. The van der Waals surface area contributed by atoms with Crippen LogP contribution in [0.15, 0.2) is 12.8 Å². The van der Waals surface area contributed by atoms with Crippen LogP contribution in [0.5, 0.6) is 0 Å². The molecule has 0 radical (unpaired) electrons. The highest BCUT2D eigenvalue weighted by Crippen LogP contribution is 1.88. The Morgan fingerprint density at radius 1 is 2.00 bits per heavy atom. The largest absolute Gasteiger partial charge is 0.314 e. The molecule has 0 aliphatic rings. The molecule has 0 N–H and O–H groups in total. The second-order valence-corrected chi connectivity index (χ2v) is 1.46. The molecule has 0 saturated heterocycles. The number of nitrogens with zero attached hydrogens (tertiary/aromatic N) is 1. The summed E-state index contributed by atoms with van der Waals surface area (Å²) in [6.45, 7) is 3.34. The van der Waals surface area contributed by atoms with E-state index in [1.807, 2.05) is 0 Å². The SMILES string of the molecule is C=CN(C)C(=O)S. The molecule has 2 nitrogen and oxygen atoms in total. The smallest absolute Gasteiger partial charge is 0.282 e. The van der Waals surface area contributed by atoms with Gasteiger partial charge < -0.3 is 4.90 Å². The Hall–Kier alpha value is -0.440. The van der Waals surface area contributed by atoms with E-state index in [0.717, 1.165) is 0 Å². The van der Waals surface area contributed by atoms with Crippen LogP contribution in [0.4, 0.5) is 4.79 Å². The van der Waals surface area contributed by atoms with Gasteiger partial charge in [0, 0.05) is 13.2 Å². The van der Waals surface area contributed by atoms with Crippen molar-refractivity contribution in [2.24, 2.45) is 0 Å². The maximum atomic E-state index is 10.1. The molecular weight excluding hydrogens is 110 g/mol. The van der Waals surface area contributed by atoms with Crippen molar-refractivity contribution in [2.75, 3.05) is 7.05 Å². The molecule has 0 aromatic heterocycles. The van der Waals surface area contributed by atoms with E-state index < -0.39 is 0 Å². The van der Waals surface area contributed by atoms with Gasteiger partial charge in [-0.05, 0) is 0 Å². The molecule has 0 atom stereocenters. The van der Waals surface area contributed by atoms with Gasteiger partial charge in [-0.3, -0.25) is 4.79 Å². The minimum Gasteiger partial charge on any atom is -0.314 e. The molecule has 1 amide bonds. The number of amides is 1. The first-order valence-electron chi connectivity index (χ1n) is 1.76. The molecule has 0 aromatic rings. The van der Waals surface area contributed by atoms with Crippen molar-refractivity contribution in [3.63, 3.8) is 0 Å². The van der Waals surface area contributed by atoms with Gasteiger partial charge in [0.15, 0.2) is 0 Å². The van der Waals surface area contributed by atoms with Gasteiger partial charge in [-0.1, -0.05) is 19.2 Å². The van der Waals surface area contributed by atoms with Crippen LogP contribution in [0.1, 0.15) is 0 Å². The zero-order valence-corrected chi connectivity index (χ0v) is 4.98. The summed E-state index contributed by atoms with van der Waals surface area (Å²) in [5, 5.41) is -0.296. The zero-order chi connectivity index (χ0) is 5.86. The maximum Gasteiger partial charge on any atom is 0.282 e. The number of hydrogen-bond donors (Lipinski definition) is 1. The molecule has 0 fully saturated rings. The summed E-state index contributed by atoms with van der Waals surface area (Å²) < 4.78 is 0. The standard InChI is InChI=1S/C4H7NOS/c1-3-5(2)4(6)7/h3H,1H2,2H3,(H,6,7). The summed E-state index contributed by atoms with van der Waals surface area (Å²) in [5.41, 5.74) is 0. The van der Waals surface area contributed by atoms with Crippen LogP contribution >= 0.6 is 12.6 Å². The minimum absolute atomic E-state index is 0.296. The quantitative estimate of drug-likeness (QED) is 0.510. The number of carbonyl (C=O) groups excluding carboxylic acids is 1. The van der Waals surface area contributed by atoms with E-state index in [0.29, 0.717) is 0 Å². The molecular formula is C4H7NOS. The average molecular weight is 117 g/mol. The lowest BCUT2D eigenvalue weighted by atomic mass is 10.8. The van der Waals surface area contributed by atoms with Gasteiger partial charge in [0.2, 0.25) is 0 Å². The molecule has 40 valence electrons. The number of rotatable bonds is 1. The van der Waals surface area contributed by atoms with Crippen LogP contribution in [-0.2, 0) is 0 Å². The van der Waals surface area contributed by atoms with Crippen molar-refractivity contribution in [3.05, 3.63) is 12.8 Å². The highest BCUT2D eigenvalue weighted by molar-refractivity contribution is 7.96. The van der Waals surface area contributed by atoms with Crippen molar-refractivity contribution in [3.8, 4) is 0 Å². The number of thiol groups is 1. The number of carbonyl (C=O) groups is 1. The van der Waals surface area contributed by atoms with E-state index in [4.69, 9.17) is 0 Å². The molecule has 0 rings (SSSR count). The molecule has 0 unspecified atom stereocenters. The maximum absolute atomic E-state index is 10.1. The summed E-state index contributed by atoms with van der Waals surface area (Å²) in [5.74, 6) is 0. The van der Waals surface area contributed by atoms with Gasteiger partial charge >= 0.3 is 0 Å². The average Bonchev–Trinajstić information content (AvgIpc) is 1.65. The van der Waals surface area contributed by atoms with Crippen molar-refractivity contribution < 1.29 is 4.79 Å².